The number of aryl methyl sites for hydroxylation is 2. The van der Waals surface area contributed by atoms with Gasteiger partial charge in [0.15, 0.2) is 0 Å². The molecular formula is C10H13NO2. The van der Waals surface area contributed by atoms with Crippen LogP contribution in [0.25, 0.3) is 0 Å². The summed E-state index contributed by atoms with van der Waals surface area (Å²) in [5.74, 6) is -0.742. The number of nitrogens with zero attached hydrogens (tertiary/aromatic N) is 1. The summed E-state index contributed by atoms with van der Waals surface area (Å²) in [6, 6.07) is 3.87. The third-order valence-electron chi connectivity index (χ3n) is 1.92. The third kappa shape index (κ3) is 3.23. The maximum absolute atomic E-state index is 10.3. The highest BCUT2D eigenvalue weighted by Crippen LogP contribution is 2.07. The molecule has 0 saturated heterocycles. The van der Waals surface area contributed by atoms with Gasteiger partial charge in [0.1, 0.15) is 0 Å². The molecule has 0 unspecified atom stereocenters. The fourth-order valence-corrected chi connectivity index (χ4v) is 1.19. The Hall–Kier alpha value is -1.38. The third-order valence-corrected chi connectivity index (χ3v) is 1.92. The van der Waals surface area contributed by atoms with Gasteiger partial charge in [0.05, 0.1) is 0 Å². The molecule has 1 rings (SSSR count). The minimum absolute atomic E-state index is 0.218. The molecule has 1 aromatic heterocycles. The first-order valence-electron chi connectivity index (χ1n) is 4.32. The van der Waals surface area contributed by atoms with E-state index in [0.29, 0.717) is 6.42 Å². The average Bonchev–Trinajstić information content (AvgIpc) is 2.08. The van der Waals surface area contributed by atoms with Crippen molar-refractivity contribution in [3.8, 4) is 0 Å². The molecule has 0 aliphatic carbocycles. The maximum atomic E-state index is 10.3. The lowest BCUT2D eigenvalue weighted by molar-refractivity contribution is -0.137. The monoisotopic (exact) mass is 179 g/mol. The van der Waals surface area contributed by atoms with Crippen LogP contribution in [0.2, 0.25) is 0 Å². The van der Waals surface area contributed by atoms with E-state index in [9.17, 15) is 4.79 Å². The minimum Gasteiger partial charge on any atom is -0.481 e. The van der Waals surface area contributed by atoms with Crippen LogP contribution >= 0.6 is 0 Å². The van der Waals surface area contributed by atoms with Gasteiger partial charge in [0.25, 0.3) is 0 Å². The van der Waals surface area contributed by atoms with E-state index in [2.05, 4.69) is 4.98 Å². The Balaban J connectivity index is 2.45. The number of hydrogen-bond donors (Lipinski definition) is 1. The molecule has 0 atom stereocenters. The topological polar surface area (TPSA) is 50.2 Å². The van der Waals surface area contributed by atoms with Crippen LogP contribution in [0.15, 0.2) is 18.3 Å². The number of hydrogen-bond acceptors (Lipinski definition) is 2. The average molecular weight is 179 g/mol. The fourth-order valence-electron chi connectivity index (χ4n) is 1.19. The van der Waals surface area contributed by atoms with Gasteiger partial charge in [-0.25, -0.2) is 0 Å². The van der Waals surface area contributed by atoms with Crippen LogP contribution in [0.5, 0.6) is 0 Å². The van der Waals surface area contributed by atoms with Crippen molar-refractivity contribution in [2.75, 3.05) is 0 Å². The molecule has 3 heteroatoms. The highest BCUT2D eigenvalue weighted by molar-refractivity contribution is 5.66. The fraction of sp³-hybridized carbons (Fsp3) is 0.400. The second-order valence-electron chi connectivity index (χ2n) is 3.01. The van der Waals surface area contributed by atoms with Gasteiger partial charge in [-0.15, -0.1) is 0 Å². The summed E-state index contributed by atoms with van der Waals surface area (Å²) < 4.78 is 0. The molecule has 0 amide bonds. The number of aromatic nitrogens is 1. The standard InChI is InChI=1S/C10H13NO2/c1-8-4-3-7-11-9(8)5-2-6-10(12)13/h3-4,7H,2,5-6H2,1H3,(H,12,13). The number of carboxylic acids is 1. The maximum Gasteiger partial charge on any atom is 0.303 e. The van der Waals surface area contributed by atoms with Crippen LogP contribution in [-0.2, 0) is 11.2 Å². The van der Waals surface area contributed by atoms with Crippen LogP contribution in [0.3, 0.4) is 0 Å². The molecule has 70 valence electrons. The smallest absolute Gasteiger partial charge is 0.303 e. The van der Waals surface area contributed by atoms with E-state index in [1.807, 2.05) is 19.1 Å². The van der Waals surface area contributed by atoms with Crippen molar-refractivity contribution in [2.45, 2.75) is 26.2 Å². The molecule has 1 heterocycles. The van der Waals surface area contributed by atoms with Crippen LogP contribution in [0, 0.1) is 6.92 Å². The predicted molar refractivity (Wildman–Crippen MR) is 49.5 cm³/mol. The quantitative estimate of drug-likeness (QED) is 0.766. The van der Waals surface area contributed by atoms with Gasteiger partial charge in [-0.05, 0) is 31.4 Å². The molecule has 0 saturated carbocycles. The second-order valence-corrected chi connectivity index (χ2v) is 3.01. The Bertz CT molecular complexity index is 297. The van der Waals surface area contributed by atoms with Gasteiger partial charge in [-0.3, -0.25) is 9.78 Å². The van der Waals surface area contributed by atoms with Crippen molar-refractivity contribution in [1.82, 2.24) is 4.98 Å². The molecule has 0 radical (unpaired) electrons. The molecule has 0 aliphatic rings. The molecule has 0 aromatic carbocycles. The molecule has 0 spiro atoms. The largest absolute Gasteiger partial charge is 0.481 e. The van der Waals surface area contributed by atoms with Gasteiger partial charge < -0.3 is 5.11 Å². The number of carboxylic acid groups (broad SMARTS) is 1. The van der Waals surface area contributed by atoms with Gasteiger partial charge >= 0.3 is 5.97 Å². The van der Waals surface area contributed by atoms with Gasteiger partial charge in [-0.2, -0.15) is 0 Å². The van der Waals surface area contributed by atoms with Gasteiger partial charge in [0, 0.05) is 18.3 Å². The summed E-state index contributed by atoms with van der Waals surface area (Å²) in [5.41, 5.74) is 2.14. The summed E-state index contributed by atoms with van der Waals surface area (Å²) in [6.07, 6.45) is 3.37. The predicted octanol–water partition coefficient (Wildman–Crippen LogP) is 1.80. The molecule has 0 aliphatic heterocycles. The first-order valence-corrected chi connectivity index (χ1v) is 4.32. The van der Waals surface area contributed by atoms with Crippen molar-refractivity contribution >= 4 is 5.97 Å². The number of rotatable bonds is 4. The van der Waals surface area contributed by atoms with E-state index in [0.717, 1.165) is 17.7 Å². The Kier molecular flexibility index (Phi) is 3.43. The van der Waals surface area contributed by atoms with Crippen molar-refractivity contribution in [2.24, 2.45) is 0 Å². The lowest BCUT2D eigenvalue weighted by Crippen LogP contribution is -1.98. The van der Waals surface area contributed by atoms with Gasteiger partial charge in [0.2, 0.25) is 0 Å². The van der Waals surface area contributed by atoms with Crippen molar-refractivity contribution < 1.29 is 9.90 Å². The SMILES string of the molecule is Cc1cccnc1CCCC(=O)O. The summed E-state index contributed by atoms with van der Waals surface area (Å²) >= 11 is 0. The Labute approximate surface area is 77.4 Å². The van der Waals surface area contributed by atoms with E-state index in [4.69, 9.17) is 5.11 Å². The van der Waals surface area contributed by atoms with Crippen molar-refractivity contribution in [3.05, 3.63) is 29.6 Å². The molecule has 1 aromatic rings. The first-order chi connectivity index (χ1) is 6.20. The highest BCUT2D eigenvalue weighted by Gasteiger charge is 2.00. The van der Waals surface area contributed by atoms with E-state index < -0.39 is 5.97 Å². The lowest BCUT2D eigenvalue weighted by Gasteiger charge is -2.01. The molecule has 0 bridgehead atoms. The highest BCUT2D eigenvalue weighted by atomic mass is 16.4. The number of aliphatic carboxylic acids is 1. The van der Waals surface area contributed by atoms with Crippen LogP contribution in [-0.4, -0.2) is 16.1 Å². The van der Waals surface area contributed by atoms with E-state index in [1.165, 1.54) is 0 Å². The first kappa shape index (κ1) is 9.71. The summed E-state index contributed by atoms with van der Waals surface area (Å²) in [7, 11) is 0. The number of pyridine rings is 1. The van der Waals surface area contributed by atoms with Crippen molar-refractivity contribution in [1.29, 1.82) is 0 Å². The van der Waals surface area contributed by atoms with E-state index >= 15 is 0 Å². The van der Waals surface area contributed by atoms with E-state index in [1.54, 1.807) is 6.20 Å². The molecule has 1 N–H and O–H groups in total. The van der Waals surface area contributed by atoms with Crippen molar-refractivity contribution in [3.63, 3.8) is 0 Å². The second kappa shape index (κ2) is 4.60. The van der Waals surface area contributed by atoms with Crippen LogP contribution < -0.4 is 0 Å². The zero-order chi connectivity index (χ0) is 9.68. The Morgan fingerprint density at radius 1 is 1.62 bits per heavy atom. The summed E-state index contributed by atoms with van der Waals surface area (Å²) in [6.45, 7) is 1.99. The number of carbonyl (C=O) groups is 1. The lowest BCUT2D eigenvalue weighted by atomic mass is 10.1. The molecule has 0 fully saturated rings. The minimum atomic E-state index is -0.742. The zero-order valence-electron chi connectivity index (χ0n) is 7.66. The normalized spacial score (nSPS) is 9.92. The summed E-state index contributed by atoms with van der Waals surface area (Å²) in [5, 5.41) is 8.44. The Morgan fingerprint density at radius 3 is 3.00 bits per heavy atom. The summed E-state index contributed by atoms with van der Waals surface area (Å²) in [4.78, 5) is 14.4. The Morgan fingerprint density at radius 2 is 2.38 bits per heavy atom. The van der Waals surface area contributed by atoms with Crippen LogP contribution in [0.1, 0.15) is 24.1 Å². The molecule has 13 heavy (non-hydrogen) atoms. The van der Waals surface area contributed by atoms with Gasteiger partial charge in [-0.1, -0.05) is 6.07 Å². The zero-order valence-corrected chi connectivity index (χ0v) is 7.66. The van der Waals surface area contributed by atoms with E-state index in [-0.39, 0.29) is 6.42 Å². The van der Waals surface area contributed by atoms with Crippen LogP contribution in [0.4, 0.5) is 0 Å². The molecular weight excluding hydrogens is 166 g/mol. The molecule has 3 nitrogen and oxygen atoms in total.